The highest BCUT2D eigenvalue weighted by Crippen LogP contribution is 2.22. The van der Waals surface area contributed by atoms with E-state index in [0.717, 1.165) is 17.0 Å². The number of hydrogen-bond donors (Lipinski definition) is 2. The summed E-state index contributed by atoms with van der Waals surface area (Å²) in [4.78, 5) is 12.8. The number of ether oxygens (including phenoxy) is 1. The predicted octanol–water partition coefficient (Wildman–Crippen LogP) is 3.85. The van der Waals surface area contributed by atoms with Crippen LogP contribution in [0.5, 0.6) is 5.75 Å². The summed E-state index contributed by atoms with van der Waals surface area (Å²) in [5, 5.41) is 6.98. The lowest BCUT2D eigenvalue weighted by Gasteiger charge is -2.09. The molecule has 0 fully saturated rings. The Hall–Kier alpha value is -2.22. The molecule has 0 aliphatic rings. The number of alkyl halides is 2. The molecule has 0 radical (unpaired) electrons. The van der Waals surface area contributed by atoms with E-state index in [1.807, 2.05) is 17.5 Å². The van der Waals surface area contributed by atoms with Crippen LogP contribution >= 0.6 is 11.3 Å². The van der Waals surface area contributed by atoms with E-state index >= 15 is 0 Å². The third-order valence-corrected chi connectivity index (χ3v) is 3.58. The molecule has 0 atom stereocenters. The molecule has 1 aromatic carbocycles. The Bertz CT molecular complexity index is 621. The number of rotatable bonds is 6. The van der Waals surface area contributed by atoms with Gasteiger partial charge in [-0.15, -0.1) is 11.3 Å². The number of carbonyl (C=O) groups excluding carboxylic acids is 1. The molecule has 0 saturated heterocycles. The van der Waals surface area contributed by atoms with Gasteiger partial charge in [0.15, 0.2) is 11.6 Å². The molecule has 2 N–H and O–H groups in total. The van der Waals surface area contributed by atoms with Crippen LogP contribution in [-0.4, -0.2) is 19.2 Å². The lowest BCUT2D eigenvalue weighted by atomic mass is 10.3. The number of nitrogens with one attached hydrogen (secondary N) is 2. The zero-order valence-corrected chi connectivity index (χ0v) is 12.1. The van der Waals surface area contributed by atoms with Crippen LogP contribution in [0.4, 0.5) is 23.7 Å². The molecule has 0 saturated carbocycles. The van der Waals surface area contributed by atoms with Gasteiger partial charge in [0, 0.05) is 23.2 Å². The highest BCUT2D eigenvalue weighted by atomic mass is 32.1. The fraction of sp³-hybridized carbons (Fsp3) is 0.214. The fourth-order valence-corrected chi connectivity index (χ4v) is 2.41. The predicted molar refractivity (Wildman–Crippen MR) is 78.1 cm³/mol. The normalized spacial score (nSPS) is 10.5. The van der Waals surface area contributed by atoms with Gasteiger partial charge in [0.25, 0.3) is 0 Å². The zero-order valence-electron chi connectivity index (χ0n) is 11.3. The first-order valence-electron chi connectivity index (χ1n) is 6.36. The standard InChI is InChI=1S/C14H13F3N2O2S/c15-11-8-9(3-4-12(11)21-13(16)17)19-14(20)18-6-5-10-2-1-7-22-10/h1-4,7-8,13H,5-6H2,(H2,18,19,20). The maximum atomic E-state index is 13.5. The van der Waals surface area contributed by atoms with E-state index in [9.17, 15) is 18.0 Å². The summed E-state index contributed by atoms with van der Waals surface area (Å²) in [7, 11) is 0. The first-order chi connectivity index (χ1) is 10.5. The van der Waals surface area contributed by atoms with E-state index in [0.29, 0.717) is 13.0 Å². The highest BCUT2D eigenvalue weighted by molar-refractivity contribution is 7.09. The summed E-state index contributed by atoms with van der Waals surface area (Å²) < 4.78 is 41.4. The van der Waals surface area contributed by atoms with Crippen molar-refractivity contribution < 1.29 is 22.7 Å². The summed E-state index contributed by atoms with van der Waals surface area (Å²) in [6.45, 7) is -2.67. The number of halogens is 3. The molecule has 4 nitrogen and oxygen atoms in total. The molecule has 1 aromatic heterocycles. The van der Waals surface area contributed by atoms with Gasteiger partial charge < -0.3 is 15.4 Å². The van der Waals surface area contributed by atoms with Crippen molar-refractivity contribution in [1.82, 2.24) is 5.32 Å². The molecule has 22 heavy (non-hydrogen) atoms. The van der Waals surface area contributed by atoms with Gasteiger partial charge in [-0.2, -0.15) is 8.78 Å². The molecular formula is C14H13F3N2O2S. The van der Waals surface area contributed by atoms with Gasteiger partial charge in [-0.25, -0.2) is 9.18 Å². The summed E-state index contributed by atoms with van der Waals surface area (Å²) in [5.74, 6) is -1.55. The van der Waals surface area contributed by atoms with Crippen LogP contribution in [-0.2, 0) is 6.42 Å². The summed E-state index contributed by atoms with van der Waals surface area (Å²) in [6.07, 6.45) is 0.695. The molecule has 1 heterocycles. The third kappa shape index (κ3) is 4.96. The Morgan fingerprint density at radius 1 is 1.32 bits per heavy atom. The van der Waals surface area contributed by atoms with Crippen LogP contribution in [0.25, 0.3) is 0 Å². The number of carbonyl (C=O) groups is 1. The molecule has 2 rings (SSSR count). The summed E-state index contributed by atoms with van der Waals surface area (Å²) in [6, 6.07) is 6.60. The molecule has 0 aliphatic heterocycles. The number of urea groups is 1. The minimum absolute atomic E-state index is 0.146. The molecule has 0 unspecified atom stereocenters. The SMILES string of the molecule is O=C(NCCc1cccs1)Nc1ccc(OC(F)F)c(F)c1. The van der Waals surface area contributed by atoms with E-state index in [1.54, 1.807) is 11.3 Å². The van der Waals surface area contributed by atoms with Crippen LogP contribution in [0.3, 0.4) is 0 Å². The molecule has 8 heteroatoms. The topological polar surface area (TPSA) is 50.4 Å². The fourth-order valence-electron chi connectivity index (χ4n) is 1.70. The van der Waals surface area contributed by atoms with Gasteiger partial charge in [0.05, 0.1) is 0 Å². The van der Waals surface area contributed by atoms with E-state index in [4.69, 9.17) is 0 Å². The Labute approximate surface area is 128 Å². The van der Waals surface area contributed by atoms with E-state index in [2.05, 4.69) is 15.4 Å². The Kier molecular flexibility index (Phi) is 5.65. The molecule has 0 bridgehead atoms. The maximum Gasteiger partial charge on any atom is 0.387 e. The van der Waals surface area contributed by atoms with Gasteiger partial charge in [0.2, 0.25) is 0 Å². The van der Waals surface area contributed by atoms with Crippen molar-refractivity contribution in [2.24, 2.45) is 0 Å². The van der Waals surface area contributed by atoms with E-state index in [-0.39, 0.29) is 5.69 Å². The van der Waals surface area contributed by atoms with E-state index < -0.39 is 24.2 Å². The monoisotopic (exact) mass is 330 g/mol. The largest absolute Gasteiger partial charge is 0.432 e. The first kappa shape index (κ1) is 16.2. The van der Waals surface area contributed by atoms with E-state index in [1.165, 1.54) is 6.07 Å². The van der Waals surface area contributed by atoms with Crippen LogP contribution in [0.2, 0.25) is 0 Å². The van der Waals surface area contributed by atoms with Crippen LogP contribution in [0, 0.1) is 5.82 Å². The quantitative estimate of drug-likeness (QED) is 0.845. The lowest BCUT2D eigenvalue weighted by Crippen LogP contribution is -2.30. The van der Waals surface area contributed by atoms with Crippen molar-refractivity contribution >= 4 is 23.1 Å². The van der Waals surface area contributed by atoms with Gasteiger partial charge in [0.1, 0.15) is 0 Å². The van der Waals surface area contributed by atoms with Crippen LogP contribution in [0.15, 0.2) is 35.7 Å². The second-order valence-corrected chi connectivity index (χ2v) is 5.27. The Morgan fingerprint density at radius 3 is 2.77 bits per heavy atom. The Morgan fingerprint density at radius 2 is 2.14 bits per heavy atom. The molecule has 2 aromatic rings. The lowest BCUT2D eigenvalue weighted by molar-refractivity contribution is -0.0521. The molecule has 2 amide bonds. The molecule has 0 spiro atoms. The number of thiophene rings is 1. The summed E-state index contributed by atoms with van der Waals surface area (Å²) in [5.41, 5.74) is 0.146. The van der Waals surface area contributed by atoms with Gasteiger partial charge >= 0.3 is 12.6 Å². The average molecular weight is 330 g/mol. The van der Waals surface area contributed by atoms with Gasteiger partial charge in [-0.3, -0.25) is 0 Å². The van der Waals surface area contributed by atoms with Crippen LogP contribution in [0.1, 0.15) is 4.88 Å². The first-order valence-corrected chi connectivity index (χ1v) is 7.24. The van der Waals surface area contributed by atoms with Crippen molar-refractivity contribution in [2.45, 2.75) is 13.0 Å². The number of hydrogen-bond acceptors (Lipinski definition) is 3. The van der Waals surface area contributed by atoms with Gasteiger partial charge in [-0.05, 0) is 30.0 Å². The Balaban J connectivity index is 1.82. The molecule has 0 aliphatic carbocycles. The smallest absolute Gasteiger partial charge is 0.387 e. The second-order valence-electron chi connectivity index (χ2n) is 4.23. The highest BCUT2D eigenvalue weighted by Gasteiger charge is 2.11. The summed E-state index contributed by atoms with van der Waals surface area (Å²) >= 11 is 1.59. The third-order valence-electron chi connectivity index (χ3n) is 2.64. The average Bonchev–Trinajstić information content (AvgIpc) is 2.95. The number of anilines is 1. The molecular weight excluding hydrogens is 317 g/mol. The zero-order chi connectivity index (χ0) is 15.9. The van der Waals surface area contributed by atoms with Gasteiger partial charge in [-0.1, -0.05) is 6.07 Å². The number of amides is 2. The minimum Gasteiger partial charge on any atom is -0.432 e. The van der Waals surface area contributed by atoms with Crippen molar-refractivity contribution in [3.05, 3.63) is 46.4 Å². The van der Waals surface area contributed by atoms with Crippen molar-refractivity contribution in [3.63, 3.8) is 0 Å². The maximum absolute atomic E-state index is 13.5. The van der Waals surface area contributed by atoms with Crippen molar-refractivity contribution in [1.29, 1.82) is 0 Å². The minimum atomic E-state index is -3.10. The number of benzene rings is 1. The van der Waals surface area contributed by atoms with Crippen molar-refractivity contribution in [3.8, 4) is 5.75 Å². The van der Waals surface area contributed by atoms with Crippen molar-refractivity contribution in [2.75, 3.05) is 11.9 Å². The molecule has 118 valence electrons. The van der Waals surface area contributed by atoms with Crippen LogP contribution < -0.4 is 15.4 Å². The second kappa shape index (κ2) is 7.69.